The predicted molar refractivity (Wildman–Crippen MR) is 148 cm³/mol. The number of nitrogens with one attached hydrogen (secondary N) is 1. The van der Waals surface area contributed by atoms with E-state index in [2.05, 4.69) is 24.1 Å². The van der Waals surface area contributed by atoms with Crippen molar-refractivity contribution in [2.24, 2.45) is 0 Å². The molecule has 0 spiro atoms. The maximum atomic E-state index is 14.2. The van der Waals surface area contributed by atoms with Crippen molar-refractivity contribution in [3.63, 3.8) is 0 Å². The second kappa shape index (κ2) is 12.9. The number of carbonyl (C=O) groups excluding carboxylic acids is 1. The second-order valence-electron chi connectivity index (χ2n) is 8.75. The molecule has 0 radical (unpaired) electrons. The highest BCUT2D eigenvalue weighted by molar-refractivity contribution is 7.91. The quantitative estimate of drug-likeness (QED) is 0.347. The van der Waals surface area contributed by atoms with Crippen LogP contribution in [0.2, 0.25) is 5.02 Å². The smallest absolute Gasteiger partial charge is 0.412 e. The zero-order valence-corrected chi connectivity index (χ0v) is 22.8. The SMILES string of the molecule is CCCN(CC)c1ccc(NC(=O)OC(CS(=O)(=O)c2ccc(Cl)cc2)C2=CC=CC=C(F)C2)c(C)c1. The number of rotatable bonds is 10. The van der Waals surface area contributed by atoms with Crippen LogP contribution in [0.3, 0.4) is 0 Å². The summed E-state index contributed by atoms with van der Waals surface area (Å²) in [6, 6.07) is 11.4. The molecule has 0 fully saturated rings. The molecule has 198 valence electrons. The molecule has 1 aliphatic rings. The fourth-order valence-electron chi connectivity index (χ4n) is 4.02. The molecular weight excluding hydrogens is 515 g/mol. The van der Waals surface area contributed by atoms with E-state index in [9.17, 15) is 17.6 Å². The Morgan fingerprint density at radius 2 is 1.84 bits per heavy atom. The summed E-state index contributed by atoms with van der Waals surface area (Å²) >= 11 is 5.89. The summed E-state index contributed by atoms with van der Waals surface area (Å²) in [4.78, 5) is 15.2. The molecule has 0 aliphatic heterocycles. The molecular formula is C28H32ClFN2O4S. The number of aryl methyl sites for hydroxylation is 1. The number of hydrogen-bond acceptors (Lipinski definition) is 5. The van der Waals surface area contributed by atoms with Gasteiger partial charge in [0.1, 0.15) is 11.9 Å². The van der Waals surface area contributed by atoms with Gasteiger partial charge in [-0.3, -0.25) is 5.32 Å². The van der Waals surface area contributed by atoms with Crippen molar-refractivity contribution >= 4 is 38.9 Å². The van der Waals surface area contributed by atoms with Gasteiger partial charge in [0.2, 0.25) is 0 Å². The Hall–Kier alpha value is -3.10. The molecule has 0 saturated heterocycles. The van der Waals surface area contributed by atoms with Gasteiger partial charge in [-0.05, 0) is 79.9 Å². The minimum absolute atomic E-state index is 0.0330. The fourth-order valence-corrected chi connectivity index (χ4v) is 5.57. The number of sulfone groups is 1. The first kappa shape index (κ1) is 28.5. The number of amides is 1. The van der Waals surface area contributed by atoms with Crippen LogP contribution in [-0.2, 0) is 14.6 Å². The fraction of sp³-hybridized carbons (Fsp3) is 0.321. The van der Waals surface area contributed by atoms with Gasteiger partial charge >= 0.3 is 6.09 Å². The van der Waals surface area contributed by atoms with Crippen LogP contribution in [0.15, 0.2) is 83.1 Å². The van der Waals surface area contributed by atoms with Gasteiger partial charge in [0.05, 0.1) is 10.6 Å². The van der Waals surface area contributed by atoms with Crippen LogP contribution in [0, 0.1) is 6.92 Å². The first-order valence-electron chi connectivity index (χ1n) is 12.2. The number of halogens is 2. The van der Waals surface area contributed by atoms with Crippen molar-refractivity contribution < 1.29 is 22.3 Å². The molecule has 0 heterocycles. The van der Waals surface area contributed by atoms with Crippen molar-refractivity contribution in [2.45, 2.75) is 44.6 Å². The third-order valence-corrected chi connectivity index (χ3v) is 7.95. The first-order chi connectivity index (χ1) is 17.6. The average molecular weight is 547 g/mol. The normalized spacial score (nSPS) is 14.3. The van der Waals surface area contributed by atoms with Crippen molar-refractivity contribution in [1.29, 1.82) is 0 Å². The average Bonchev–Trinajstić information content (AvgIpc) is 3.08. The number of anilines is 2. The molecule has 1 aliphatic carbocycles. The zero-order valence-electron chi connectivity index (χ0n) is 21.2. The molecule has 1 N–H and O–H groups in total. The summed E-state index contributed by atoms with van der Waals surface area (Å²) in [5.74, 6) is -1.01. The van der Waals surface area contributed by atoms with Crippen LogP contribution in [0.1, 0.15) is 32.3 Å². The van der Waals surface area contributed by atoms with Crippen molar-refractivity contribution in [3.8, 4) is 0 Å². The first-order valence-corrected chi connectivity index (χ1v) is 14.2. The molecule has 6 nitrogen and oxygen atoms in total. The third kappa shape index (κ3) is 7.94. The van der Waals surface area contributed by atoms with Gasteiger partial charge in [0.25, 0.3) is 0 Å². The Morgan fingerprint density at radius 1 is 1.14 bits per heavy atom. The van der Waals surface area contributed by atoms with E-state index >= 15 is 0 Å². The maximum Gasteiger partial charge on any atom is 0.412 e. The highest BCUT2D eigenvalue weighted by Gasteiger charge is 2.28. The number of allylic oxidation sites excluding steroid dienone is 5. The summed E-state index contributed by atoms with van der Waals surface area (Å²) < 4.78 is 46.1. The van der Waals surface area contributed by atoms with E-state index in [1.54, 1.807) is 18.2 Å². The molecule has 3 rings (SSSR count). The maximum absolute atomic E-state index is 14.2. The standard InChI is InChI=1S/C28H32ClFN2O4S/c1-4-16-32(5-2)24-12-15-26(20(3)17-24)31-28(33)36-27(21-8-6-7-9-23(30)18-21)19-37(34,35)25-13-10-22(29)11-14-25/h6-15,17,27H,4-5,16,18-19H2,1-3H3,(H,31,33). The molecule has 2 aromatic rings. The van der Waals surface area contributed by atoms with Crippen LogP contribution in [0.5, 0.6) is 0 Å². The number of nitrogens with zero attached hydrogens (tertiary/aromatic N) is 1. The number of benzene rings is 2. The Morgan fingerprint density at radius 3 is 2.49 bits per heavy atom. The molecule has 37 heavy (non-hydrogen) atoms. The molecule has 0 bridgehead atoms. The molecule has 0 aromatic heterocycles. The lowest BCUT2D eigenvalue weighted by Crippen LogP contribution is -2.31. The molecule has 1 unspecified atom stereocenters. The van der Waals surface area contributed by atoms with Crippen molar-refractivity contribution in [2.75, 3.05) is 29.1 Å². The molecule has 1 amide bonds. The van der Waals surface area contributed by atoms with E-state index in [0.717, 1.165) is 30.8 Å². The van der Waals surface area contributed by atoms with Gasteiger partial charge in [0.15, 0.2) is 9.84 Å². The predicted octanol–water partition coefficient (Wildman–Crippen LogP) is 7.02. The zero-order chi connectivity index (χ0) is 27.0. The summed E-state index contributed by atoms with van der Waals surface area (Å²) in [7, 11) is -3.88. The van der Waals surface area contributed by atoms with Crippen LogP contribution in [0.4, 0.5) is 20.6 Å². The van der Waals surface area contributed by atoms with E-state index in [-0.39, 0.29) is 11.3 Å². The number of carbonyl (C=O) groups is 1. The molecule has 0 saturated carbocycles. The second-order valence-corrected chi connectivity index (χ2v) is 11.2. The lowest BCUT2D eigenvalue weighted by molar-refractivity contribution is 0.136. The number of ether oxygens (including phenoxy) is 1. The molecule has 9 heteroatoms. The van der Waals surface area contributed by atoms with Crippen molar-refractivity contribution in [3.05, 3.63) is 88.8 Å². The van der Waals surface area contributed by atoms with Crippen LogP contribution in [0.25, 0.3) is 0 Å². The van der Waals surface area contributed by atoms with E-state index in [1.807, 2.05) is 19.1 Å². The van der Waals surface area contributed by atoms with Gasteiger partial charge < -0.3 is 9.64 Å². The number of hydrogen-bond donors (Lipinski definition) is 1. The lowest BCUT2D eigenvalue weighted by Gasteiger charge is -2.24. The van der Waals surface area contributed by atoms with Gasteiger partial charge in [-0.25, -0.2) is 17.6 Å². The van der Waals surface area contributed by atoms with Crippen LogP contribution < -0.4 is 10.2 Å². The monoisotopic (exact) mass is 546 g/mol. The van der Waals surface area contributed by atoms with E-state index < -0.39 is 33.6 Å². The minimum Gasteiger partial charge on any atom is -0.440 e. The summed E-state index contributed by atoms with van der Waals surface area (Å²) in [5, 5.41) is 3.11. The van der Waals surface area contributed by atoms with E-state index in [1.165, 1.54) is 36.4 Å². The summed E-state index contributed by atoms with van der Waals surface area (Å²) in [6.45, 7) is 7.86. The van der Waals surface area contributed by atoms with Crippen molar-refractivity contribution in [1.82, 2.24) is 0 Å². The summed E-state index contributed by atoms with van der Waals surface area (Å²) in [5.41, 5.74) is 2.76. The Labute approximate surface area is 223 Å². The largest absolute Gasteiger partial charge is 0.440 e. The van der Waals surface area contributed by atoms with Crippen LogP contribution in [-0.4, -0.2) is 39.5 Å². The highest BCUT2D eigenvalue weighted by atomic mass is 35.5. The van der Waals surface area contributed by atoms with Gasteiger partial charge in [-0.15, -0.1) is 0 Å². The Balaban J connectivity index is 1.82. The minimum atomic E-state index is -3.88. The van der Waals surface area contributed by atoms with Gasteiger partial charge in [-0.1, -0.05) is 36.8 Å². The summed E-state index contributed by atoms with van der Waals surface area (Å²) in [6.07, 6.45) is 4.77. The molecule has 2 aromatic carbocycles. The van der Waals surface area contributed by atoms with Crippen LogP contribution >= 0.6 is 11.6 Å². The molecule has 1 atom stereocenters. The van der Waals surface area contributed by atoms with E-state index in [0.29, 0.717) is 16.3 Å². The van der Waals surface area contributed by atoms with Gasteiger partial charge in [0, 0.05) is 35.9 Å². The van der Waals surface area contributed by atoms with Gasteiger partial charge in [-0.2, -0.15) is 0 Å². The Bertz CT molecular complexity index is 1300. The topological polar surface area (TPSA) is 75.7 Å². The third-order valence-electron chi connectivity index (χ3n) is 5.97. The van der Waals surface area contributed by atoms with E-state index in [4.69, 9.17) is 16.3 Å². The lowest BCUT2D eigenvalue weighted by atomic mass is 10.1. The highest BCUT2D eigenvalue weighted by Crippen LogP contribution is 2.27. The Kier molecular flexibility index (Phi) is 9.94.